The van der Waals surface area contributed by atoms with Crippen molar-refractivity contribution in [3.05, 3.63) is 52.0 Å². The van der Waals surface area contributed by atoms with Gasteiger partial charge in [-0.25, -0.2) is 4.79 Å². The molecule has 0 saturated carbocycles. The third-order valence-corrected chi connectivity index (χ3v) is 2.29. The highest BCUT2D eigenvalue weighted by atomic mass is 79.9. The standard InChI is InChI=1S/C12H11BrO2/c1-9(8-12(14)15)2-3-10-4-6-11(13)7-5-10/h2-8H,1H3,(H,14,15). The first kappa shape index (κ1) is 11.7. The van der Waals surface area contributed by atoms with Gasteiger partial charge in [-0.3, -0.25) is 0 Å². The summed E-state index contributed by atoms with van der Waals surface area (Å²) >= 11 is 3.35. The molecule has 0 radical (unpaired) electrons. The molecule has 78 valence electrons. The topological polar surface area (TPSA) is 37.3 Å². The van der Waals surface area contributed by atoms with E-state index in [0.29, 0.717) is 5.57 Å². The molecule has 0 atom stereocenters. The maximum absolute atomic E-state index is 10.3. The summed E-state index contributed by atoms with van der Waals surface area (Å²) in [5.41, 5.74) is 1.75. The normalized spacial score (nSPS) is 12.0. The largest absolute Gasteiger partial charge is 0.478 e. The number of hydrogen-bond donors (Lipinski definition) is 1. The molecule has 0 aliphatic rings. The van der Waals surface area contributed by atoms with Gasteiger partial charge in [0.05, 0.1) is 0 Å². The highest BCUT2D eigenvalue weighted by Crippen LogP contribution is 2.12. The molecule has 1 rings (SSSR count). The van der Waals surface area contributed by atoms with E-state index in [9.17, 15) is 4.79 Å². The van der Waals surface area contributed by atoms with Crippen LogP contribution in [0.4, 0.5) is 0 Å². The van der Waals surface area contributed by atoms with Gasteiger partial charge in [0.15, 0.2) is 0 Å². The summed E-state index contributed by atoms with van der Waals surface area (Å²) in [6, 6.07) is 7.79. The summed E-state index contributed by atoms with van der Waals surface area (Å²) < 4.78 is 1.03. The quantitative estimate of drug-likeness (QED) is 0.672. The predicted octanol–water partition coefficient (Wildman–Crippen LogP) is 3.49. The van der Waals surface area contributed by atoms with Crippen LogP contribution in [0.5, 0.6) is 0 Å². The molecule has 2 nitrogen and oxygen atoms in total. The average molecular weight is 267 g/mol. The first-order valence-corrected chi connectivity index (χ1v) is 5.22. The first-order valence-electron chi connectivity index (χ1n) is 4.43. The van der Waals surface area contributed by atoms with Crippen LogP contribution in [-0.2, 0) is 4.79 Å². The lowest BCUT2D eigenvalue weighted by Gasteiger charge is -1.94. The van der Waals surface area contributed by atoms with Gasteiger partial charge >= 0.3 is 5.97 Å². The molecule has 1 aromatic carbocycles. The fourth-order valence-corrected chi connectivity index (χ4v) is 1.31. The second-order valence-corrected chi connectivity index (χ2v) is 4.03. The summed E-state index contributed by atoms with van der Waals surface area (Å²) in [5, 5.41) is 8.50. The molecule has 0 amide bonds. The summed E-state index contributed by atoms with van der Waals surface area (Å²) in [6.07, 6.45) is 4.83. The fraction of sp³-hybridized carbons (Fsp3) is 0.0833. The summed E-state index contributed by atoms with van der Waals surface area (Å²) in [7, 11) is 0. The molecule has 0 spiro atoms. The van der Waals surface area contributed by atoms with Gasteiger partial charge in [0, 0.05) is 10.5 Å². The smallest absolute Gasteiger partial charge is 0.328 e. The van der Waals surface area contributed by atoms with E-state index in [1.807, 2.05) is 30.3 Å². The van der Waals surface area contributed by atoms with Crippen LogP contribution in [0, 0.1) is 0 Å². The minimum Gasteiger partial charge on any atom is -0.478 e. The van der Waals surface area contributed by atoms with E-state index in [0.717, 1.165) is 10.0 Å². The Bertz CT molecular complexity index is 402. The molecule has 1 N–H and O–H groups in total. The van der Waals surface area contributed by atoms with Crippen molar-refractivity contribution in [2.75, 3.05) is 0 Å². The minimum absolute atomic E-state index is 0.713. The number of carbonyl (C=O) groups is 1. The van der Waals surface area contributed by atoms with Crippen LogP contribution in [0.3, 0.4) is 0 Å². The zero-order chi connectivity index (χ0) is 11.3. The Labute approximate surface area is 97.1 Å². The van der Waals surface area contributed by atoms with Crippen molar-refractivity contribution in [2.24, 2.45) is 0 Å². The predicted molar refractivity (Wildman–Crippen MR) is 64.6 cm³/mol. The van der Waals surface area contributed by atoms with Gasteiger partial charge in [0.25, 0.3) is 0 Å². The minimum atomic E-state index is -0.923. The molecule has 0 aliphatic carbocycles. The van der Waals surface area contributed by atoms with Gasteiger partial charge in [-0.05, 0) is 30.2 Å². The SMILES string of the molecule is CC(C=Cc1ccc(Br)cc1)=CC(=O)O. The number of rotatable bonds is 3. The molecule has 0 unspecified atom stereocenters. The number of carboxylic acids is 1. The number of halogens is 1. The third-order valence-electron chi connectivity index (χ3n) is 1.76. The zero-order valence-corrected chi connectivity index (χ0v) is 9.86. The maximum atomic E-state index is 10.3. The number of carboxylic acid groups (broad SMARTS) is 1. The van der Waals surface area contributed by atoms with Gasteiger partial charge in [0.1, 0.15) is 0 Å². The Morgan fingerprint density at radius 2 is 1.93 bits per heavy atom. The Kier molecular flexibility index (Phi) is 4.31. The van der Waals surface area contributed by atoms with Crippen molar-refractivity contribution in [2.45, 2.75) is 6.92 Å². The second kappa shape index (κ2) is 5.51. The number of benzene rings is 1. The summed E-state index contributed by atoms with van der Waals surface area (Å²) in [5.74, 6) is -0.923. The molecule has 15 heavy (non-hydrogen) atoms. The van der Waals surface area contributed by atoms with Crippen molar-refractivity contribution < 1.29 is 9.90 Å². The van der Waals surface area contributed by atoms with Crippen LogP contribution >= 0.6 is 15.9 Å². The fourth-order valence-electron chi connectivity index (χ4n) is 1.04. The van der Waals surface area contributed by atoms with Crippen molar-refractivity contribution in [1.82, 2.24) is 0 Å². The maximum Gasteiger partial charge on any atom is 0.328 e. The van der Waals surface area contributed by atoms with E-state index in [1.165, 1.54) is 6.08 Å². The van der Waals surface area contributed by atoms with Gasteiger partial charge in [0.2, 0.25) is 0 Å². The van der Waals surface area contributed by atoms with Crippen molar-refractivity contribution >= 4 is 28.0 Å². The van der Waals surface area contributed by atoms with E-state index in [4.69, 9.17) is 5.11 Å². The van der Waals surface area contributed by atoms with Crippen LogP contribution in [-0.4, -0.2) is 11.1 Å². The Morgan fingerprint density at radius 3 is 2.47 bits per heavy atom. The van der Waals surface area contributed by atoms with Gasteiger partial charge < -0.3 is 5.11 Å². The highest BCUT2D eigenvalue weighted by Gasteiger charge is 1.90. The van der Waals surface area contributed by atoms with Crippen LogP contribution < -0.4 is 0 Å². The number of hydrogen-bond acceptors (Lipinski definition) is 1. The lowest BCUT2D eigenvalue weighted by Crippen LogP contribution is -1.87. The van der Waals surface area contributed by atoms with Crippen molar-refractivity contribution in [1.29, 1.82) is 0 Å². The molecule has 0 saturated heterocycles. The molecule has 0 aliphatic heterocycles. The van der Waals surface area contributed by atoms with E-state index in [1.54, 1.807) is 13.0 Å². The number of aliphatic carboxylic acids is 1. The molecule has 0 fully saturated rings. The van der Waals surface area contributed by atoms with Crippen molar-refractivity contribution in [3.8, 4) is 0 Å². The van der Waals surface area contributed by atoms with Crippen LogP contribution in [0.15, 0.2) is 46.5 Å². The number of allylic oxidation sites excluding steroid dienone is 2. The molecular formula is C12H11BrO2. The molecule has 1 aromatic rings. The zero-order valence-electron chi connectivity index (χ0n) is 8.27. The third kappa shape index (κ3) is 4.61. The van der Waals surface area contributed by atoms with Crippen molar-refractivity contribution in [3.63, 3.8) is 0 Å². The highest BCUT2D eigenvalue weighted by molar-refractivity contribution is 9.10. The lowest BCUT2D eigenvalue weighted by molar-refractivity contribution is -0.131. The molecule has 0 heterocycles. The van der Waals surface area contributed by atoms with E-state index in [2.05, 4.69) is 15.9 Å². The lowest BCUT2D eigenvalue weighted by atomic mass is 10.1. The van der Waals surface area contributed by atoms with Gasteiger partial charge in [-0.15, -0.1) is 0 Å². The van der Waals surface area contributed by atoms with E-state index >= 15 is 0 Å². The van der Waals surface area contributed by atoms with E-state index < -0.39 is 5.97 Å². The summed E-state index contributed by atoms with van der Waals surface area (Å²) in [4.78, 5) is 10.3. The van der Waals surface area contributed by atoms with Gasteiger partial charge in [-0.2, -0.15) is 0 Å². The Balaban J connectivity index is 2.73. The molecule has 0 bridgehead atoms. The van der Waals surface area contributed by atoms with Crippen LogP contribution in [0.1, 0.15) is 12.5 Å². The second-order valence-electron chi connectivity index (χ2n) is 3.11. The molecular weight excluding hydrogens is 256 g/mol. The van der Waals surface area contributed by atoms with E-state index in [-0.39, 0.29) is 0 Å². The van der Waals surface area contributed by atoms with Gasteiger partial charge in [-0.1, -0.05) is 40.2 Å². The van der Waals surface area contributed by atoms with Crippen LogP contribution in [0.2, 0.25) is 0 Å². The molecule has 0 aromatic heterocycles. The average Bonchev–Trinajstić information content (AvgIpc) is 2.16. The monoisotopic (exact) mass is 266 g/mol. The Morgan fingerprint density at radius 1 is 1.33 bits per heavy atom. The first-order chi connectivity index (χ1) is 7.08. The summed E-state index contributed by atoms with van der Waals surface area (Å²) in [6.45, 7) is 1.75. The molecule has 3 heteroatoms. The van der Waals surface area contributed by atoms with Crippen LogP contribution in [0.25, 0.3) is 6.08 Å². The Hall–Kier alpha value is -1.35.